The lowest BCUT2D eigenvalue weighted by molar-refractivity contribution is 0.104. The molecule has 0 fully saturated rings. The van der Waals surface area contributed by atoms with Crippen molar-refractivity contribution in [1.82, 2.24) is 9.78 Å². The smallest absolute Gasteiger partial charge is 0.185 e. The van der Waals surface area contributed by atoms with Crippen LogP contribution >= 0.6 is 0 Å². The van der Waals surface area contributed by atoms with Crippen molar-refractivity contribution in [1.29, 1.82) is 0 Å². The normalized spacial score (nSPS) is 11.4. The summed E-state index contributed by atoms with van der Waals surface area (Å²) >= 11 is 0. The van der Waals surface area contributed by atoms with E-state index in [0.29, 0.717) is 11.5 Å². The molecule has 0 saturated carbocycles. The second kappa shape index (κ2) is 5.87. The largest absolute Gasteiger partial charge is 0.289 e. The van der Waals surface area contributed by atoms with Crippen LogP contribution in [0.2, 0.25) is 0 Å². The van der Waals surface area contributed by atoms with Gasteiger partial charge in [-0.15, -0.1) is 0 Å². The average Bonchev–Trinajstić information content (AvgIpc) is 2.74. The summed E-state index contributed by atoms with van der Waals surface area (Å²) < 4.78 is 1.75. The molecule has 0 unspecified atom stereocenters. The zero-order valence-electron chi connectivity index (χ0n) is 12.4. The summed E-state index contributed by atoms with van der Waals surface area (Å²) in [6, 6.07) is 7.80. The van der Waals surface area contributed by atoms with Gasteiger partial charge in [-0.2, -0.15) is 5.10 Å². The summed E-state index contributed by atoms with van der Waals surface area (Å²) in [5.74, 6) is 0.497. The van der Waals surface area contributed by atoms with Crippen LogP contribution in [0.15, 0.2) is 36.5 Å². The molecule has 0 amide bonds. The van der Waals surface area contributed by atoms with Gasteiger partial charge in [-0.3, -0.25) is 9.48 Å². The van der Waals surface area contributed by atoms with Crippen LogP contribution in [0.25, 0.3) is 6.08 Å². The summed E-state index contributed by atoms with van der Waals surface area (Å²) in [5, 5.41) is 4.25. The molecular formula is C17H20N2O. The Kier molecular flexibility index (Phi) is 4.18. The standard InChI is InChI=1S/C17H20N2O/c1-12(2)14-5-7-15(8-6-14)17(20)10-9-16-11-19(4)18-13(16)3/h5-12H,1-4H3/b10-9+. The maximum Gasteiger partial charge on any atom is 0.185 e. The summed E-state index contributed by atoms with van der Waals surface area (Å²) in [6.45, 7) is 6.21. The van der Waals surface area contributed by atoms with E-state index in [1.165, 1.54) is 5.56 Å². The van der Waals surface area contributed by atoms with Gasteiger partial charge in [0.25, 0.3) is 0 Å². The summed E-state index contributed by atoms with van der Waals surface area (Å²) in [7, 11) is 1.87. The van der Waals surface area contributed by atoms with Gasteiger partial charge in [0.05, 0.1) is 5.69 Å². The molecule has 20 heavy (non-hydrogen) atoms. The highest BCUT2D eigenvalue weighted by atomic mass is 16.1. The Morgan fingerprint density at radius 3 is 2.40 bits per heavy atom. The number of carbonyl (C=O) groups excluding carboxylic acids is 1. The van der Waals surface area contributed by atoms with Gasteiger partial charge in [0.15, 0.2) is 5.78 Å². The first kappa shape index (κ1) is 14.3. The first-order valence-corrected chi connectivity index (χ1v) is 6.80. The van der Waals surface area contributed by atoms with Crippen LogP contribution in [0.5, 0.6) is 0 Å². The van der Waals surface area contributed by atoms with Crippen molar-refractivity contribution in [2.24, 2.45) is 7.05 Å². The predicted molar refractivity (Wildman–Crippen MR) is 81.8 cm³/mol. The fourth-order valence-corrected chi connectivity index (χ4v) is 2.08. The highest BCUT2D eigenvalue weighted by molar-refractivity contribution is 6.06. The molecule has 104 valence electrons. The van der Waals surface area contributed by atoms with Gasteiger partial charge >= 0.3 is 0 Å². The monoisotopic (exact) mass is 268 g/mol. The Morgan fingerprint density at radius 2 is 1.90 bits per heavy atom. The van der Waals surface area contributed by atoms with Crippen LogP contribution in [0, 0.1) is 6.92 Å². The van der Waals surface area contributed by atoms with E-state index in [0.717, 1.165) is 11.3 Å². The van der Waals surface area contributed by atoms with E-state index in [9.17, 15) is 4.79 Å². The van der Waals surface area contributed by atoms with E-state index >= 15 is 0 Å². The minimum absolute atomic E-state index is 0.0172. The van der Waals surface area contributed by atoms with Crippen molar-refractivity contribution in [2.45, 2.75) is 26.7 Å². The zero-order chi connectivity index (χ0) is 14.7. The number of benzene rings is 1. The van der Waals surface area contributed by atoms with Gasteiger partial charge in [0.2, 0.25) is 0 Å². The van der Waals surface area contributed by atoms with Gasteiger partial charge < -0.3 is 0 Å². The molecule has 2 rings (SSSR count). The van der Waals surface area contributed by atoms with Gasteiger partial charge in [-0.25, -0.2) is 0 Å². The molecular weight excluding hydrogens is 248 g/mol. The van der Waals surface area contributed by atoms with Gasteiger partial charge in [-0.05, 0) is 30.6 Å². The van der Waals surface area contributed by atoms with Gasteiger partial charge in [0.1, 0.15) is 0 Å². The zero-order valence-corrected chi connectivity index (χ0v) is 12.4. The van der Waals surface area contributed by atoms with Crippen LogP contribution in [-0.4, -0.2) is 15.6 Å². The number of hydrogen-bond acceptors (Lipinski definition) is 2. The lowest BCUT2D eigenvalue weighted by Crippen LogP contribution is -1.95. The van der Waals surface area contributed by atoms with Gasteiger partial charge in [-0.1, -0.05) is 38.1 Å². The number of nitrogens with zero attached hydrogens (tertiary/aromatic N) is 2. The lowest BCUT2D eigenvalue weighted by Gasteiger charge is -2.05. The van der Waals surface area contributed by atoms with Crippen molar-refractivity contribution in [3.63, 3.8) is 0 Å². The number of aromatic nitrogens is 2. The molecule has 0 spiro atoms. The molecule has 3 heteroatoms. The minimum Gasteiger partial charge on any atom is -0.289 e. The van der Waals surface area contributed by atoms with Crippen molar-refractivity contribution in [3.05, 3.63) is 58.9 Å². The fraction of sp³-hybridized carbons (Fsp3) is 0.294. The van der Waals surface area contributed by atoms with Crippen LogP contribution in [0.1, 0.15) is 46.9 Å². The van der Waals surface area contributed by atoms with E-state index in [4.69, 9.17) is 0 Å². The van der Waals surface area contributed by atoms with Crippen LogP contribution in [0.4, 0.5) is 0 Å². The second-order valence-corrected chi connectivity index (χ2v) is 5.32. The quantitative estimate of drug-likeness (QED) is 0.625. The second-order valence-electron chi connectivity index (χ2n) is 5.32. The molecule has 0 atom stereocenters. The highest BCUT2D eigenvalue weighted by Gasteiger charge is 2.05. The van der Waals surface area contributed by atoms with Crippen molar-refractivity contribution in [2.75, 3.05) is 0 Å². The van der Waals surface area contributed by atoms with Crippen LogP contribution in [-0.2, 0) is 7.05 Å². The van der Waals surface area contributed by atoms with Crippen molar-refractivity contribution < 1.29 is 4.79 Å². The summed E-state index contributed by atoms with van der Waals surface area (Å²) in [4.78, 5) is 12.1. The first-order chi connectivity index (χ1) is 9.47. The summed E-state index contributed by atoms with van der Waals surface area (Å²) in [5.41, 5.74) is 3.85. The van der Waals surface area contributed by atoms with Crippen molar-refractivity contribution >= 4 is 11.9 Å². The Bertz CT molecular complexity index is 634. The molecule has 0 aliphatic rings. The minimum atomic E-state index is 0.0172. The number of rotatable bonds is 4. The number of ketones is 1. The molecule has 0 saturated heterocycles. The number of hydrogen-bond donors (Lipinski definition) is 0. The Hall–Kier alpha value is -2.16. The van der Waals surface area contributed by atoms with E-state index in [-0.39, 0.29) is 5.78 Å². The topological polar surface area (TPSA) is 34.9 Å². The van der Waals surface area contributed by atoms with E-state index in [1.807, 2.05) is 50.5 Å². The fourth-order valence-electron chi connectivity index (χ4n) is 2.08. The van der Waals surface area contributed by atoms with Crippen molar-refractivity contribution in [3.8, 4) is 0 Å². The van der Waals surface area contributed by atoms with E-state index in [1.54, 1.807) is 10.8 Å². The highest BCUT2D eigenvalue weighted by Crippen LogP contribution is 2.15. The molecule has 1 aromatic heterocycles. The third kappa shape index (κ3) is 3.23. The Balaban J connectivity index is 2.13. The molecule has 1 aromatic carbocycles. The molecule has 3 nitrogen and oxygen atoms in total. The van der Waals surface area contributed by atoms with Gasteiger partial charge in [0, 0.05) is 24.4 Å². The maximum atomic E-state index is 12.1. The Morgan fingerprint density at radius 1 is 1.25 bits per heavy atom. The molecule has 0 aliphatic heterocycles. The molecule has 2 aromatic rings. The molecule has 0 aliphatic carbocycles. The average molecular weight is 268 g/mol. The number of aryl methyl sites for hydroxylation is 2. The third-order valence-electron chi connectivity index (χ3n) is 3.33. The summed E-state index contributed by atoms with van der Waals surface area (Å²) in [6.07, 6.45) is 5.33. The first-order valence-electron chi connectivity index (χ1n) is 6.80. The molecule has 0 bridgehead atoms. The van der Waals surface area contributed by atoms with Crippen LogP contribution < -0.4 is 0 Å². The SMILES string of the molecule is Cc1nn(C)cc1/C=C/C(=O)c1ccc(C(C)C)cc1. The number of allylic oxidation sites excluding steroid dienone is 1. The lowest BCUT2D eigenvalue weighted by atomic mass is 10.0. The van der Waals surface area contributed by atoms with E-state index in [2.05, 4.69) is 18.9 Å². The molecule has 0 N–H and O–H groups in total. The predicted octanol–water partition coefficient (Wildman–Crippen LogP) is 3.75. The maximum absolute atomic E-state index is 12.1. The van der Waals surface area contributed by atoms with Crippen LogP contribution in [0.3, 0.4) is 0 Å². The number of carbonyl (C=O) groups is 1. The third-order valence-corrected chi connectivity index (χ3v) is 3.33. The molecule has 1 heterocycles. The van der Waals surface area contributed by atoms with E-state index < -0.39 is 0 Å². The molecule has 0 radical (unpaired) electrons. The Labute approximate surface area is 119 Å².